The van der Waals surface area contributed by atoms with Crippen LogP contribution in [0.15, 0.2) is 18.2 Å². The average Bonchev–Trinajstić information content (AvgIpc) is 3.37. The van der Waals surface area contributed by atoms with Crippen molar-refractivity contribution in [2.75, 3.05) is 26.3 Å². The van der Waals surface area contributed by atoms with E-state index in [2.05, 4.69) is 6.92 Å². The molecule has 1 aromatic carbocycles. The number of nitrogens with zero attached hydrogens (tertiary/aromatic N) is 1. The second-order valence-corrected chi connectivity index (χ2v) is 7.14. The van der Waals surface area contributed by atoms with Gasteiger partial charge in [-0.2, -0.15) is 0 Å². The van der Waals surface area contributed by atoms with E-state index in [9.17, 15) is 9.59 Å². The van der Waals surface area contributed by atoms with Gasteiger partial charge in [0.2, 0.25) is 5.91 Å². The Morgan fingerprint density at radius 2 is 1.75 bits per heavy atom. The molecule has 2 unspecified atom stereocenters. The summed E-state index contributed by atoms with van der Waals surface area (Å²) in [6, 6.07) is 5.42. The molecule has 1 amide bonds. The van der Waals surface area contributed by atoms with Crippen molar-refractivity contribution in [1.29, 1.82) is 0 Å². The Morgan fingerprint density at radius 3 is 2.42 bits per heavy atom. The molecule has 2 heterocycles. The topological polar surface area (TPSA) is 55.8 Å². The van der Waals surface area contributed by atoms with Crippen molar-refractivity contribution in [3.05, 3.63) is 23.8 Å². The molecule has 2 aliphatic heterocycles. The maximum atomic E-state index is 12.8. The summed E-state index contributed by atoms with van der Waals surface area (Å²) in [4.78, 5) is 27.0. The van der Waals surface area contributed by atoms with Gasteiger partial charge in [-0.15, -0.1) is 0 Å². The maximum Gasteiger partial charge on any atom is 0.225 e. The third-order valence-electron chi connectivity index (χ3n) is 5.43. The van der Waals surface area contributed by atoms with Crippen LogP contribution >= 0.6 is 0 Å². The predicted octanol–water partition coefficient (Wildman–Crippen LogP) is 2.54. The first-order valence-corrected chi connectivity index (χ1v) is 8.86. The van der Waals surface area contributed by atoms with Gasteiger partial charge < -0.3 is 14.4 Å². The van der Waals surface area contributed by atoms with Gasteiger partial charge in [-0.05, 0) is 43.4 Å². The molecule has 2 atom stereocenters. The zero-order valence-electron chi connectivity index (χ0n) is 14.0. The highest BCUT2D eigenvalue weighted by Crippen LogP contribution is 2.40. The number of piperidine rings is 1. The normalized spacial score (nSPS) is 26.1. The summed E-state index contributed by atoms with van der Waals surface area (Å²) in [5.74, 6) is 2.56. The van der Waals surface area contributed by atoms with Gasteiger partial charge in [-0.25, -0.2) is 0 Å². The van der Waals surface area contributed by atoms with E-state index < -0.39 is 0 Å². The molecule has 0 N–H and O–H groups in total. The smallest absolute Gasteiger partial charge is 0.225 e. The van der Waals surface area contributed by atoms with E-state index in [0.717, 1.165) is 19.3 Å². The highest BCUT2D eigenvalue weighted by Gasteiger charge is 2.42. The molecule has 5 nitrogen and oxygen atoms in total. The molecule has 0 aromatic heterocycles. The van der Waals surface area contributed by atoms with Crippen molar-refractivity contribution < 1.29 is 19.1 Å². The summed E-state index contributed by atoms with van der Waals surface area (Å²) in [5.41, 5.74) is 0.680. The number of rotatable bonds is 3. The van der Waals surface area contributed by atoms with Crippen LogP contribution in [0.4, 0.5) is 0 Å². The highest BCUT2D eigenvalue weighted by molar-refractivity contribution is 5.98. The van der Waals surface area contributed by atoms with Crippen LogP contribution in [-0.2, 0) is 4.79 Å². The number of amides is 1. The molecule has 5 heteroatoms. The van der Waals surface area contributed by atoms with Gasteiger partial charge in [0.25, 0.3) is 0 Å². The molecule has 1 saturated carbocycles. The summed E-state index contributed by atoms with van der Waals surface area (Å²) in [6.07, 6.45) is 2.52. The van der Waals surface area contributed by atoms with E-state index in [4.69, 9.17) is 9.47 Å². The molecule has 128 valence electrons. The van der Waals surface area contributed by atoms with Crippen LogP contribution < -0.4 is 9.47 Å². The standard InChI is InChI=1S/C19H23NO4/c1-12-10-15(12)19(22)20-6-4-13(5-7-20)18(21)14-2-3-16-17(11-14)24-9-8-23-16/h2-3,11-13,15H,4-10H2,1H3. The number of hydrogen-bond acceptors (Lipinski definition) is 4. The zero-order chi connectivity index (χ0) is 16.7. The fourth-order valence-corrected chi connectivity index (χ4v) is 3.70. The van der Waals surface area contributed by atoms with Crippen LogP contribution in [0.3, 0.4) is 0 Å². The average molecular weight is 329 g/mol. The van der Waals surface area contributed by atoms with Gasteiger partial charge in [-0.3, -0.25) is 9.59 Å². The molecular formula is C19H23NO4. The number of fused-ring (bicyclic) bond motifs is 1. The number of carbonyl (C=O) groups excluding carboxylic acids is 2. The van der Waals surface area contributed by atoms with Crippen LogP contribution in [-0.4, -0.2) is 42.9 Å². The van der Waals surface area contributed by atoms with Gasteiger partial charge in [0.1, 0.15) is 13.2 Å². The quantitative estimate of drug-likeness (QED) is 0.800. The first-order chi connectivity index (χ1) is 11.6. The van der Waals surface area contributed by atoms with Crippen molar-refractivity contribution in [1.82, 2.24) is 4.90 Å². The van der Waals surface area contributed by atoms with Gasteiger partial charge in [0.05, 0.1) is 0 Å². The van der Waals surface area contributed by atoms with Crippen LogP contribution in [0.2, 0.25) is 0 Å². The molecular weight excluding hydrogens is 306 g/mol. The number of Topliss-reactive ketones (excluding diaryl/α,β-unsaturated/α-hetero) is 1. The van der Waals surface area contributed by atoms with E-state index in [-0.39, 0.29) is 23.5 Å². The molecule has 2 fully saturated rings. The van der Waals surface area contributed by atoms with Crippen LogP contribution in [0.25, 0.3) is 0 Å². The minimum absolute atomic E-state index is 0.00626. The van der Waals surface area contributed by atoms with Gasteiger partial charge >= 0.3 is 0 Å². The van der Waals surface area contributed by atoms with Crippen molar-refractivity contribution in [3.63, 3.8) is 0 Å². The van der Waals surface area contributed by atoms with Crippen LogP contribution in [0, 0.1) is 17.8 Å². The number of ether oxygens (including phenoxy) is 2. The van der Waals surface area contributed by atoms with E-state index in [0.29, 0.717) is 49.3 Å². The molecule has 0 spiro atoms. The van der Waals surface area contributed by atoms with Crippen LogP contribution in [0.1, 0.15) is 36.5 Å². The monoisotopic (exact) mass is 329 g/mol. The van der Waals surface area contributed by atoms with E-state index >= 15 is 0 Å². The van der Waals surface area contributed by atoms with Crippen molar-refractivity contribution in [2.45, 2.75) is 26.2 Å². The minimum Gasteiger partial charge on any atom is -0.486 e. The second kappa shape index (κ2) is 6.11. The lowest BCUT2D eigenvalue weighted by molar-refractivity contribution is -0.134. The van der Waals surface area contributed by atoms with E-state index in [1.165, 1.54) is 0 Å². The molecule has 0 bridgehead atoms. The Balaban J connectivity index is 1.38. The molecule has 3 aliphatic rings. The largest absolute Gasteiger partial charge is 0.486 e. The Hall–Kier alpha value is -2.04. The number of benzene rings is 1. The number of carbonyl (C=O) groups is 2. The summed E-state index contributed by atoms with van der Waals surface area (Å²) < 4.78 is 11.1. The maximum absolute atomic E-state index is 12.8. The molecule has 4 rings (SSSR count). The Bertz CT molecular complexity index is 663. The fourth-order valence-electron chi connectivity index (χ4n) is 3.70. The van der Waals surface area contributed by atoms with Crippen LogP contribution in [0.5, 0.6) is 11.5 Å². The first kappa shape index (κ1) is 15.5. The summed E-state index contributed by atoms with van der Waals surface area (Å²) >= 11 is 0. The lowest BCUT2D eigenvalue weighted by Crippen LogP contribution is -2.41. The highest BCUT2D eigenvalue weighted by atomic mass is 16.6. The summed E-state index contributed by atoms with van der Waals surface area (Å²) in [7, 11) is 0. The molecule has 1 aliphatic carbocycles. The van der Waals surface area contributed by atoms with Crippen molar-refractivity contribution in [3.8, 4) is 11.5 Å². The van der Waals surface area contributed by atoms with Gasteiger partial charge in [0, 0.05) is 30.5 Å². The summed E-state index contributed by atoms with van der Waals surface area (Å²) in [6.45, 7) is 4.59. The Labute approximate surface area is 141 Å². The lowest BCUT2D eigenvalue weighted by Gasteiger charge is -2.31. The number of likely N-dealkylation sites (tertiary alicyclic amines) is 1. The predicted molar refractivity (Wildman–Crippen MR) is 88.3 cm³/mol. The fraction of sp³-hybridized carbons (Fsp3) is 0.579. The van der Waals surface area contributed by atoms with Crippen molar-refractivity contribution in [2.24, 2.45) is 17.8 Å². The number of hydrogen-bond donors (Lipinski definition) is 0. The third-order valence-corrected chi connectivity index (χ3v) is 5.43. The van der Waals surface area contributed by atoms with Crippen molar-refractivity contribution >= 4 is 11.7 Å². The minimum atomic E-state index is -0.00626. The summed E-state index contributed by atoms with van der Waals surface area (Å²) in [5, 5.41) is 0. The molecule has 0 radical (unpaired) electrons. The lowest BCUT2D eigenvalue weighted by atomic mass is 9.88. The molecule has 1 aromatic rings. The second-order valence-electron chi connectivity index (χ2n) is 7.14. The van der Waals surface area contributed by atoms with E-state index in [1.54, 1.807) is 6.07 Å². The molecule has 24 heavy (non-hydrogen) atoms. The van der Waals surface area contributed by atoms with Gasteiger partial charge in [-0.1, -0.05) is 6.92 Å². The Kier molecular flexibility index (Phi) is 3.94. The molecule has 1 saturated heterocycles. The SMILES string of the molecule is CC1CC1C(=O)N1CCC(C(=O)c2ccc3c(c2)OCCO3)CC1. The van der Waals surface area contributed by atoms with Gasteiger partial charge in [0.15, 0.2) is 17.3 Å². The van der Waals surface area contributed by atoms with E-state index in [1.807, 2.05) is 17.0 Å². The third kappa shape index (κ3) is 2.87. The Morgan fingerprint density at radius 1 is 1.08 bits per heavy atom. The zero-order valence-corrected chi connectivity index (χ0v) is 14.0. The number of ketones is 1. The first-order valence-electron chi connectivity index (χ1n) is 8.86.